The molecule has 224 valence electrons. The van der Waals surface area contributed by atoms with E-state index in [2.05, 4.69) is 10.6 Å². The molecule has 11 heteroatoms. The number of urea groups is 1. The zero-order valence-corrected chi connectivity index (χ0v) is 24.4. The molecule has 11 nitrogen and oxygen atoms in total. The maximum Gasteiger partial charge on any atom is 0.335 e. The van der Waals surface area contributed by atoms with Crippen molar-refractivity contribution in [1.29, 1.82) is 0 Å². The van der Waals surface area contributed by atoms with E-state index in [0.717, 1.165) is 16.9 Å². The summed E-state index contributed by atoms with van der Waals surface area (Å²) in [5, 5.41) is 5.01. The fourth-order valence-electron chi connectivity index (χ4n) is 4.23. The number of barbiturate groups is 1. The zero-order valence-electron chi connectivity index (χ0n) is 24.4. The van der Waals surface area contributed by atoms with Crippen LogP contribution in [0, 0.1) is 6.92 Å². The van der Waals surface area contributed by atoms with Crippen LogP contribution >= 0.6 is 0 Å². The molecule has 0 atom stereocenters. The van der Waals surface area contributed by atoms with E-state index in [9.17, 15) is 19.2 Å². The van der Waals surface area contributed by atoms with E-state index in [0.29, 0.717) is 47.5 Å². The quantitative estimate of drug-likeness (QED) is 0.227. The van der Waals surface area contributed by atoms with Gasteiger partial charge in [0.2, 0.25) is 0 Å². The molecule has 0 spiro atoms. The molecule has 0 unspecified atom stereocenters. The fourth-order valence-corrected chi connectivity index (χ4v) is 4.23. The number of imide groups is 2. The average molecular weight is 588 g/mol. The van der Waals surface area contributed by atoms with E-state index in [-0.39, 0.29) is 23.8 Å². The van der Waals surface area contributed by atoms with Crippen molar-refractivity contribution in [2.45, 2.75) is 27.2 Å². The maximum absolute atomic E-state index is 13.4. The number of amides is 5. The Labute approximate surface area is 249 Å². The Morgan fingerprint density at radius 1 is 0.907 bits per heavy atom. The Kier molecular flexibility index (Phi) is 10.00. The van der Waals surface area contributed by atoms with E-state index >= 15 is 0 Å². The molecule has 1 fully saturated rings. The van der Waals surface area contributed by atoms with Gasteiger partial charge in [-0.15, -0.1) is 0 Å². The molecule has 0 aliphatic carbocycles. The smallest absolute Gasteiger partial charge is 0.335 e. The molecule has 0 bridgehead atoms. The van der Waals surface area contributed by atoms with Gasteiger partial charge in [-0.05, 0) is 67.8 Å². The molecule has 43 heavy (non-hydrogen) atoms. The van der Waals surface area contributed by atoms with Gasteiger partial charge in [-0.1, -0.05) is 31.2 Å². The van der Waals surface area contributed by atoms with Crippen LogP contribution in [0.5, 0.6) is 23.0 Å². The summed E-state index contributed by atoms with van der Waals surface area (Å²) in [6, 6.07) is 15.9. The zero-order chi connectivity index (χ0) is 30.9. The monoisotopic (exact) mass is 587 g/mol. The largest absolute Gasteiger partial charge is 0.493 e. The number of benzene rings is 3. The van der Waals surface area contributed by atoms with E-state index in [4.69, 9.17) is 18.9 Å². The highest BCUT2D eigenvalue weighted by Crippen LogP contribution is 2.34. The molecule has 1 aliphatic rings. The number of hydrogen-bond donors (Lipinski definition) is 2. The second kappa shape index (κ2) is 14.0. The summed E-state index contributed by atoms with van der Waals surface area (Å²) in [4.78, 5) is 52.2. The van der Waals surface area contributed by atoms with Crippen LogP contribution in [0.4, 0.5) is 16.2 Å². The number of rotatable bonds is 12. The average Bonchev–Trinajstić information content (AvgIpc) is 2.99. The lowest BCUT2D eigenvalue weighted by molar-refractivity contribution is -0.122. The molecule has 3 aromatic carbocycles. The summed E-state index contributed by atoms with van der Waals surface area (Å²) in [6.07, 6.45) is 2.14. The number of aryl methyl sites for hydroxylation is 1. The number of methoxy groups -OCH3 is 1. The number of carbonyl (C=O) groups is 4. The van der Waals surface area contributed by atoms with Gasteiger partial charge in [-0.25, -0.2) is 9.69 Å². The lowest BCUT2D eigenvalue weighted by atomic mass is 10.1. The van der Waals surface area contributed by atoms with Crippen LogP contribution < -0.4 is 34.5 Å². The molecular formula is C32H33N3O8. The summed E-state index contributed by atoms with van der Waals surface area (Å²) >= 11 is 0. The number of nitrogens with one attached hydrogen (secondary N) is 2. The number of anilines is 2. The van der Waals surface area contributed by atoms with Crippen molar-refractivity contribution in [3.63, 3.8) is 0 Å². The number of para-hydroxylation sites is 1. The van der Waals surface area contributed by atoms with E-state index in [1.807, 2.05) is 32.0 Å². The van der Waals surface area contributed by atoms with Gasteiger partial charge in [0.05, 0.1) is 26.0 Å². The highest BCUT2D eigenvalue weighted by Gasteiger charge is 2.37. The molecule has 2 N–H and O–H groups in total. The molecule has 1 heterocycles. The summed E-state index contributed by atoms with van der Waals surface area (Å²) in [5.74, 6) is -0.598. The van der Waals surface area contributed by atoms with Gasteiger partial charge in [0.15, 0.2) is 29.6 Å². The first-order valence-corrected chi connectivity index (χ1v) is 13.7. The van der Waals surface area contributed by atoms with Gasteiger partial charge in [0.1, 0.15) is 5.57 Å². The van der Waals surface area contributed by atoms with Crippen molar-refractivity contribution in [1.82, 2.24) is 5.32 Å². The predicted molar refractivity (Wildman–Crippen MR) is 161 cm³/mol. The number of ether oxygens (including phenoxy) is 4. The Hall–Kier alpha value is -5.32. The Bertz CT molecular complexity index is 1570. The third-order valence-electron chi connectivity index (χ3n) is 6.33. The summed E-state index contributed by atoms with van der Waals surface area (Å²) in [7, 11) is 1.45. The van der Waals surface area contributed by atoms with Crippen LogP contribution in [0.1, 0.15) is 31.4 Å². The van der Waals surface area contributed by atoms with E-state index < -0.39 is 17.8 Å². The minimum absolute atomic E-state index is 0.198. The highest BCUT2D eigenvalue weighted by atomic mass is 16.5. The topological polar surface area (TPSA) is 132 Å². The minimum Gasteiger partial charge on any atom is -0.493 e. The summed E-state index contributed by atoms with van der Waals surface area (Å²) in [6.45, 7) is 6.14. The molecular weight excluding hydrogens is 554 g/mol. The van der Waals surface area contributed by atoms with Gasteiger partial charge in [0.25, 0.3) is 17.7 Å². The van der Waals surface area contributed by atoms with Crippen LogP contribution in [0.2, 0.25) is 0 Å². The highest BCUT2D eigenvalue weighted by molar-refractivity contribution is 6.39. The van der Waals surface area contributed by atoms with Crippen molar-refractivity contribution in [2.24, 2.45) is 0 Å². The first-order valence-electron chi connectivity index (χ1n) is 13.7. The molecule has 0 radical (unpaired) electrons. The second-order valence-electron chi connectivity index (χ2n) is 9.43. The molecule has 4 rings (SSSR count). The number of nitrogens with zero attached hydrogens (tertiary/aromatic N) is 1. The van der Waals surface area contributed by atoms with Gasteiger partial charge in [-0.3, -0.25) is 19.7 Å². The summed E-state index contributed by atoms with van der Waals surface area (Å²) < 4.78 is 22.4. The van der Waals surface area contributed by atoms with Crippen LogP contribution in [0.25, 0.3) is 6.08 Å². The number of carbonyl (C=O) groups excluding carboxylic acids is 4. The van der Waals surface area contributed by atoms with Crippen molar-refractivity contribution < 1.29 is 38.1 Å². The van der Waals surface area contributed by atoms with Gasteiger partial charge in [0, 0.05) is 11.8 Å². The molecule has 3 aromatic rings. The van der Waals surface area contributed by atoms with E-state index in [1.54, 1.807) is 37.3 Å². The van der Waals surface area contributed by atoms with Crippen molar-refractivity contribution in [3.05, 3.63) is 77.4 Å². The maximum atomic E-state index is 13.4. The molecule has 0 aromatic heterocycles. The lowest BCUT2D eigenvalue weighted by Crippen LogP contribution is -2.54. The van der Waals surface area contributed by atoms with E-state index in [1.165, 1.54) is 25.3 Å². The summed E-state index contributed by atoms with van der Waals surface area (Å²) in [5.41, 5.74) is 1.98. The lowest BCUT2D eigenvalue weighted by Gasteiger charge is -2.27. The first kappa shape index (κ1) is 30.6. The van der Waals surface area contributed by atoms with Gasteiger partial charge < -0.3 is 24.3 Å². The number of hydrogen-bond acceptors (Lipinski definition) is 8. The first-order chi connectivity index (χ1) is 20.7. The Morgan fingerprint density at radius 2 is 1.65 bits per heavy atom. The van der Waals surface area contributed by atoms with Crippen molar-refractivity contribution in [3.8, 4) is 23.0 Å². The van der Waals surface area contributed by atoms with Crippen LogP contribution in [0.15, 0.2) is 66.2 Å². The van der Waals surface area contributed by atoms with Gasteiger partial charge in [-0.2, -0.15) is 0 Å². The van der Waals surface area contributed by atoms with Crippen LogP contribution in [-0.2, 0) is 14.4 Å². The molecule has 5 amide bonds. The van der Waals surface area contributed by atoms with Gasteiger partial charge >= 0.3 is 6.03 Å². The Morgan fingerprint density at radius 3 is 2.37 bits per heavy atom. The normalized spacial score (nSPS) is 13.9. The minimum atomic E-state index is -0.890. The molecule has 1 aliphatic heterocycles. The van der Waals surface area contributed by atoms with Crippen LogP contribution in [-0.4, -0.2) is 50.7 Å². The predicted octanol–water partition coefficient (Wildman–Crippen LogP) is 4.88. The standard InChI is InChI=1S/C32H33N3O8/c1-5-15-42-25-14-12-22(18-27(25)40-4)35-31(38)23(30(37)34-32(35)39)16-21-11-13-26(28(17-21)41-6-2)43-19-29(36)33-24-10-8-7-9-20(24)3/h7-14,16-18H,5-6,15,19H2,1-4H3,(H,33,36)(H,34,37,39)/b23-16-. The third kappa shape index (κ3) is 7.31. The van der Waals surface area contributed by atoms with Crippen molar-refractivity contribution in [2.75, 3.05) is 37.1 Å². The third-order valence-corrected chi connectivity index (χ3v) is 6.33. The Balaban J connectivity index is 1.55. The second-order valence-corrected chi connectivity index (χ2v) is 9.43. The van der Waals surface area contributed by atoms with Crippen molar-refractivity contribution >= 4 is 41.2 Å². The van der Waals surface area contributed by atoms with Crippen LogP contribution in [0.3, 0.4) is 0 Å². The molecule has 0 saturated carbocycles. The SMILES string of the molecule is CCCOc1ccc(N2C(=O)NC(=O)/C(=C/c3ccc(OCC(=O)Nc4ccccc4C)c(OCC)c3)C2=O)cc1OC. The molecule has 1 saturated heterocycles. The fraction of sp³-hybridized carbons (Fsp3) is 0.250.